The Labute approximate surface area is 129 Å². The van der Waals surface area contributed by atoms with E-state index >= 15 is 0 Å². The molecule has 0 bridgehead atoms. The van der Waals surface area contributed by atoms with Crippen LogP contribution in [0.25, 0.3) is 16.7 Å². The summed E-state index contributed by atoms with van der Waals surface area (Å²) < 4.78 is 7.94. The Bertz CT molecular complexity index is 750. The topological polar surface area (TPSA) is 27.1 Å². The van der Waals surface area contributed by atoms with E-state index < -0.39 is 0 Å². The van der Waals surface area contributed by atoms with Gasteiger partial charge >= 0.3 is 0 Å². The van der Waals surface area contributed by atoms with E-state index in [1.54, 1.807) is 0 Å². The third-order valence-electron chi connectivity index (χ3n) is 3.21. The minimum Gasteiger partial charge on any atom is -0.489 e. The van der Waals surface area contributed by atoms with Crippen molar-refractivity contribution in [1.29, 1.82) is 0 Å². The number of hydrogen-bond donors (Lipinski definition) is 0. The molecule has 21 heavy (non-hydrogen) atoms. The molecule has 2 aromatic carbocycles. The number of nitrogens with zero attached hydrogens (tertiary/aromatic N) is 2. The van der Waals surface area contributed by atoms with Gasteiger partial charge in [-0.2, -0.15) is 0 Å². The molecule has 0 aliphatic carbocycles. The number of imidazole rings is 1. The number of alkyl halides is 1. The van der Waals surface area contributed by atoms with E-state index in [2.05, 4.69) is 9.55 Å². The van der Waals surface area contributed by atoms with Crippen molar-refractivity contribution < 1.29 is 4.74 Å². The molecule has 0 radical (unpaired) electrons. The van der Waals surface area contributed by atoms with Gasteiger partial charge in [0, 0.05) is 5.69 Å². The first-order valence-corrected chi connectivity index (χ1v) is 7.52. The Kier molecular flexibility index (Phi) is 3.84. The van der Waals surface area contributed by atoms with Crippen molar-refractivity contribution in [2.24, 2.45) is 0 Å². The van der Waals surface area contributed by atoms with Crippen molar-refractivity contribution in [3.05, 3.63) is 54.4 Å². The lowest BCUT2D eigenvalue weighted by molar-refractivity contribution is 0.245. The summed E-state index contributed by atoms with van der Waals surface area (Å²) in [5, 5.41) is 0. The summed E-state index contributed by atoms with van der Waals surface area (Å²) in [6, 6.07) is 16.1. The monoisotopic (exact) mass is 300 g/mol. The number of fused-ring (bicyclic) bond motifs is 1. The highest BCUT2D eigenvalue weighted by atomic mass is 35.5. The van der Waals surface area contributed by atoms with Crippen molar-refractivity contribution in [1.82, 2.24) is 9.55 Å². The zero-order valence-electron chi connectivity index (χ0n) is 12.1. The largest absolute Gasteiger partial charge is 0.489 e. The fourth-order valence-corrected chi connectivity index (χ4v) is 2.60. The SMILES string of the molecule is CC(C)Oc1cccc2c1nc(CCl)n2-c1ccccc1. The van der Waals surface area contributed by atoms with Gasteiger partial charge in [-0.3, -0.25) is 4.57 Å². The molecule has 0 spiro atoms. The lowest BCUT2D eigenvalue weighted by Crippen LogP contribution is -2.05. The second-order valence-electron chi connectivity index (χ2n) is 5.12. The van der Waals surface area contributed by atoms with Crippen LogP contribution in [0.1, 0.15) is 19.7 Å². The number of benzene rings is 2. The van der Waals surface area contributed by atoms with Gasteiger partial charge in [0.15, 0.2) is 0 Å². The van der Waals surface area contributed by atoms with E-state index in [4.69, 9.17) is 16.3 Å². The van der Waals surface area contributed by atoms with Crippen molar-refractivity contribution >= 4 is 22.6 Å². The van der Waals surface area contributed by atoms with Crippen LogP contribution in [0.4, 0.5) is 0 Å². The number of hydrogen-bond acceptors (Lipinski definition) is 2. The molecular weight excluding hydrogens is 284 g/mol. The number of aromatic nitrogens is 2. The highest BCUT2D eigenvalue weighted by molar-refractivity contribution is 6.17. The molecule has 3 rings (SSSR count). The van der Waals surface area contributed by atoms with Crippen LogP contribution < -0.4 is 4.74 Å². The molecule has 0 fully saturated rings. The average Bonchev–Trinajstić information content (AvgIpc) is 2.87. The fourth-order valence-electron chi connectivity index (χ4n) is 2.43. The highest BCUT2D eigenvalue weighted by Crippen LogP contribution is 2.29. The number of ether oxygens (including phenoxy) is 1. The lowest BCUT2D eigenvalue weighted by Gasteiger charge is -2.10. The van der Waals surface area contributed by atoms with E-state index in [-0.39, 0.29) is 6.10 Å². The number of para-hydroxylation sites is 2. The van der Waals surface area contributed by atoms with Crippen LogP contribution in [-0.4, -0.2) is 15.7 Å². The Balaban J connectivity index is 2.25. The van der Waals surface area contributed by atoms with Gasteiger partial charge in [0.25, 0.3) is 0 Å². The second-order valence-corrected chi connectivity index (χ2v) is 5.39. The molecule has 3 nitrogen and oxygen atoms in total. The maximum absolute atomic E-state index is 6.09. The zero-order valence-corrected chi connectivity index (χ0v) is 12.8. The molecule has 0 saturated carbocycles. The number of rotatable bonds is 4. The predicted octanol–water partition coefficient (Wildman–Crippen LogP) is 4.55. The molecule has 1 heterocycles. The maximum Gasteiger partial charge on any atom is 0.147 e. The molecule has 0 saturated heterocycles. The quantitative estimate of drug-likeness (QED) is 0.661. The van der Waals surface area contributed by atoms with Crippen molar-refractivity contribution in [2.75, 3.05) is 0 Å². The van der Waals surface area contributed by atoms with Gasteiger partial charge in [0.05, 0.1) is 17.5 Å². The first kappa shape index (κ1) is 14.0. The average molecular weight is 301 g/mol. The first-order chi connectivity index (χ1) is 10.2. The molecule has 0 N–H and O–H groups in total. The Morgan fingerprint density at radius 2 is 1.86 bits per heavy atom. The molecule has 0 unspecified atom stereocenters. The van der Waals surface area contributed by atoms with Gasteiger partial charge in [-0.1, -0.05) is 24.3 Å². The van der Waals surface area contributed by atoms with E-state index in [1.807, 2.05) is 62.4 Å². The maximum atomic E-state index is 6.09. The Hall–Kier alpha value is -2.00. The fraction of sp³-hybridized carbons (Fsp3) is 0.235. The van der Waals surface area contributed by atoms with Gasteiger partial charge in [-0.15, -0.1) is 11.6 Å². The van der Waals surface area contributed by atoms with E-state index in [0.29, 0.717) is 5.88 Å². The minimum absolute atomic E-state index is 0.108. The molecule has 108 valence electrons. The molecule has 0 aliphatic rings. The minimum atomic E-state index is 0.108. The van der Waals surface area contributed by atoms with Crippen LogP contribution in [0.2, 0.25) is 0 Å². The summed E-state index contributed by atoms with van der Waals surface area (Å²) in [6.45, 7) is 4.02. The summed E-state index contributed by atoms with van der Waals surface area (Å²) in [5.74, 6) is 1.96. The Morgan fingerprint density at radius 1 is 1.10 bits per heavy atom. The second kappa shape index (κ2) is 5.78. The molecule has 4 heteroatoms. The zero-order chi connectivity index (χ0) is 14.8. The number of halogens is 1. The summed E-state index contributed by atoms with van der Waals surface area (Å²) in [6.07, 6.45) is 0.108. The predicted molar refractivity (Wildman–Crippen MR) is 86.4 cm³/mol. The van der Waals surface area contributed by atoms with Gasteiger partial charge < -0.3 is 4.74 Å². The van der Waals surface area contributed by atoms with Crippen LogP contribution in [0.15, 0.2) is 48.5 Å². The van der Waals surface area contributed by atoms with Crippen LogP contribution >= 0.6 is 11.6 Å². The van der Waals surface area contributed by atoms with Crippen molar-refractivity contribution in [3.63, 3.8) is 0 Å². The molecular formula is C17H17ClN2O. The summed E-state index contributed by atoms with van der Waals surface area (Å²) in [5.41, 5.74) is 2.91. The van der Waals surface area contributed by atoms with E-state index in [1.165, 1.54) is 0 Å². The molecule has 3 aromatic rings. The van der Waals surface area contributed by atoms with Crippen LogP contribution in [-0.2, 0) is 5.88 Å². The van der Waals surface area contributed by atoms with Gasteiger partial charge in [0.2, 0.25) is 0 Å². The van der Waals surface area contributed by atoms with Crippen LogP contribution in [0, 0.1) is 0 Å². The highest BCUT2D eigenvalue weighted by Gasteiger charge is 2.15. The summed E-state index contributed by atoms with van der Waals surface area (Å²) >= 11 is 6.09. The summed E-state index contributed by atoms with van der Waals surface area (Å²) in [7, 11) is 0. The van der Waals surface area contributed by atoms with Crippen molar-refractivity contribution in [2.45, 2.75) is 25.8 Å². The van der Waals surface area contributed by atoms with Gasteiger partial charge in [0.1, 0.15) is 17.1 Å². The van der Waals surface area contributed by atoms with E-state index in [0.717, 1.165) is 28.3 Å². The third kappa shape index (κ3) is 2.61. The molecule has 0 amide bonds. The van der Waals surface area contributed by atoms with Crippen LogP contribution in [0.5, 0.6) is 5.75 Å². The first-order valence-electron chi connectivity index (χ1n) is 6.99. The summed E-state index contributed by atoms with van der Waals surface area (Å²) in [4.78, 5) is 4.67. The molecule has 0 aliphatic heterocycles. The Morgan fingerprint density at radius 3 is 2.52 bits per heavy atom. The van der Waals surface area contributed by atoms with Gasteiger partial charge in [-0.25, -0.2) is 4.98 Å². The standard InChI is InChI=1S/C17H17ClN2O/c1-12(2)21-15-10-6-9-14-17(15)19-16(11-18)20(14)13-7-4-3-5-8-13/h3-10,12H,11H2,1-2H3. The lowest BCUT2D eigenvalue weighted by atomic mass is 10.2. The smallest absolute Gasteiger partial charge is 0.147 e. The van der Waals surface area contributed by atoms with Crippen molar-refractivity contribution in [3.8, 4) is 11.4 Å². The normalized spacial score (nSPS) is 11.2. The van der Waals surface area contributed by atoms with Crippen LogP contribution in [0.3, 0.4) is 0 Å². The molecule has 1 aromatic heterocycles. The molecule has 0 atom stereocenters. The van der Waals surface area contributed by atoms with Gasteiger partial charge in [-0.05, 0) is 38.1 Å². The van der Waals surface area contributed by atoms with E-state index in [9.17, 15) is 0 Å². The third-order valence-corrected chi connectivity index (χ3v) is 3.45.